The number of hydrogen-bond acceptors (Lipinski definition) is 1. The molecule has 0 aliphatic carbocycles. The lowest BCUT2D eigenvalue weighted by Gasteiger charge is -2.19. The number of alkyl halides is 1. The molecule has 0 amide bonds. The maximum absolute atomic E-state index is 5.87. The van der Waals surface area contributed by atoms with Gasteiger partial charge in [-0.2, -0.15) is 0 Å². The van der Waals surface area contributed by atoms with E-state index < -0.39 is 8.07 Å². The summed E-state index contributed by atoms with van der Waals surface area (Å²) in [7, 11) is -1.25. The van der Waals surface area contributed by atoms with E-state index in [-0.39, 0.29) is 0 Å². The van der Waals surface area contributed by atoms with E-state index in [9.17, 15) is 0 Å². The van der Waals surface area contributed by atoms with Crippen LogP contribution in [0.4, 0.5) is 0 Å². The van der Waals surface area contributed by atoms with E-state index in [4.69, 9.17) is 16.3 Å². The van der Waals surface area contributed by atoms with Crippen molar-refractivity contribution in [2.24, 2.45) is 0 Å². The molecule has 0 radical (unpaired) electrons. The topological polar surface area (TPSA) is 9.23 Å². The van der Waals surface area contributed by atoms with E-state index in [0.717, 1.165) is 31.7 Å². The fraction of sp³-hybridized carbons (Fsp3) is 0.474. The third kappa shape index (κ3) is 9.08. The summed E-state index contributed by atoms with van der Waals surface area (Å²) in [5.41, 5.74) is 2.70. The zero-order valence-electron chi connectivity index (χ0n) is 14.4. The van der Waals surface area contributed by atoms with Gasteiger partial charge in [-0.1, -0.05) is 84.7 Å². The molecule has 0 saturated carbocycles. The van der Waals surface area contributed by atoms with Crippen LogP contribution in [0.25, 0.3) is 0 Å². The SMILES string of the molecule is C[Si](C)(C)/C(I)=C(\C=C\CCOCc1ccccc1)CCCCl. The van der Waals surface area contributed by atoms with Gasteiger partial charge in [-0.05, 0) is 33.6 Å². The lowest BCUT2D eigenvalue weighted by molar-refractivity contribution is 0.125. The summed E-state index contributed by atoms with van der Waals surface area (Å²) in [6.07, 6.45) is 7.61. The zero-order valence-corrected chi connectivity index (χ0v) is 18.4. The van der Waals surface area contributed by atoms with Gasteiger partial charge < -0.3 is 4.74 Å². The van der Waals surface area contributed by atoms with E-state index in [2.05, 4.69) is 66.5 Å². The Bertz CT molecular complexity index is 506. The summed E-state index contributed by atoms with van der Waals surface area (Å²) < 4.78 is 7.29. The third-order valence-electron chi connectivity index (χ3n) is 3.38. The Labute approximate surface area is 161 Å². The van der Waals surface area contributed by atoms with Crippen molar-refractivity contribution >= 4 is 42.3 Å². The molecule has 1 rings (SSSR count). The molecule has 1 aromatic rings. The average molecular weight is 463 g/mol. The number of ether oxygens (including phenoxy) is 1. The van der Waals surface area contributed by atoms with E-state index in [1.165, 1.54) is 11.1 Å². The van der Waals surface area contributed by atoms with Crippen LogP contribution >= 0.6 is 34.2 Å². The molecule has 0 bridgehead atoms. The molecule has 1 aromatic carbocycles. The lowest BCUT2D eigenvalue weighted by Crippen LogP contribution is -2.21. The molecule has 1 nitrogen and oxygen atoms in total. The van der Waals surface area contributed by atoms with E-state index in [1.54, 1.807) is 3.20 Å². The Hall–Kier alpha value is -0.103. The van der Waals surface area contributed by atoms with Crippen molar-refractivity contribution in [3.63, 3.8) is 0 Å². The zero-order chi connectivity index (χ0) is 17.1. The summed E-state index contributed by atoms with van der Waals surface area (Å²) in [6.45, 7) is 8.64. The van der Waals surface area contributed by atoms with Gasteiger partial charge >= 0.3 is 0 Å². The van der Waals surface area contributed by atoms with Crippen molar-refractivity contribution < 1.29 is 4.74 Å². The molecule has 0 N–H and O–H groups in total. The highest BCUT2D eigenvalue weighted by Crippen LogP contribution is 2.28. The summed E-state index contributed by atoms with van der Waals surface area (Å²) in [6, 6.07) is 10.3. The summed E-state index contributed by atoms with van der Waals surface area (Å²) in [4.78, 5) is 0. The second-order valence-corrected chi connectivity index (χ2v) is 14.1. The Morgan fingerprint density at radius 1 is 1.22 bits per heavy atom. The van der Waals surface area contributed by atoms with Gasteiger partial charge in [0.05, 0.1) is 21.3 Å². The quantitative estimate of drug-likeness (QED) is 0.123. The van der Waals surface area contributed by atoms with Crippen LogP contribution in [0.1, 0.15) is 24.8 Å². The molecule has 128 valence electrons. The fourth-order valence-corrected chi connectivity index (χ4v) is 3.90. The predicted octanol–water partition coefficient (Wildman–Crippen LogP) is 6.74. The highest BCUT2D eigenvalue weighted by Gasteiger charge is 2.19. The van der Waals surface area contributed by atoms with Gasteiger partial charge in [-0.25, -0.2) is 0 Å². The number of rotatable bonds is 10. The minimum atomic E-state index is -1.25. The van der Waals surface area contributed by atoms with Gasteiger partial charge in [0, 0.05) is 5.88 Å². The van der Waals surface area contributed by atoms with Gasteiger partial charge in [0.25, 0.3) is 0 Å². The molecule has 23 heavy (non-hydrogen) atoms. The second-order valence-electron chi connectivity index (χ2n) is 6.61. The first-order valence-electron chi connectivity index (χ1n) is 8.18. The van der Waals surface area contributed by atoms with Crippen molar-refractivity contribution in [1.82, 2.24) is 0 Å². The molecular weight excluding hydrogens is 435 g/mol. The standard InChI is InChI=1S/C19H28ClIOSi/c1-23(2,3)19(21)18(13-9-14-20)12-7-8-15-22-16-17-10-5-4-6-11-17/h4-7,10-12H,8-9,13-16H2,1-3H3/b12-7+,19-18+. The van der Waals surface area contributed by atoms with Crippen LogP contribution in [0.15, 0.2) is 51.3 Å². The van der Waals surface area contributed by atoms with Gasteiger partial charge in [-0.15, -0.1) is 11.6 Å². The monoisotopic (exact) mass is 462 g/mol. The fourth-order valence-electron chi connectivity index (χ4n) is 2.15. The number of halogens is 2. The van der Waals surface area contributed by atoms with Gasteiger partial charge in [0.15, 0.2) is 0 Å². The lowest BCUT2D eigenvalue weighted by atomic mass is 10.1. The van der Waals surface area contributed by atoms with Crippen LogP contribution in [0.3, 0.4) is 0 Å². The molecule has 0 aliphatic heterocycles. The molecule has 0 unspecified atom stereocenters. The average Bonchev–Trinajstić information content (AvgIpc) is 2.53. The minimum Gasteiger partial charge on any atom is -0.376 e. The Balaban J connectivity index is 2.45. The number of benzene rings is 1. The summed E-state index contributed by atoms with van der Waals surface area (Å²) >= 11 is 8.41. The summed E-state index contributed by atoms with van der Waals surface area (Å²) in [5.74, 6) is 0.729. The highest BCUT2D eigenvalue weighted by atomic mass is 127. The first-order chi connectivity index (χ1) is 10.9. The van der Waals surface area contributed by atoms with Crippen LogP contribution in [0.2, 0.25) is 19.6 Å². The molecule has 0 aromatic heterocycles. The first-order valence-corrected chi connectivity index (χ1v) is 13.3. The highest BCUT2D eigenvalue weighted by molar-refractivity contribution is 14.1. The second kappa shape index (κ2) is 11.5. The third-order valence-corrected chi connectivity index (χ3v) is 10.8. The molecule has 0 spiro atoms. The normalized spacial score (nSPS) is 13.4. The Morgan fingerprint density at radius 3 is 2.52 bits per heavy atom. The molecule has 0 aliphatic rings. The van der Waals surface area contributed by atoms with Gasteiger partial charge in [-0.3, -0.25) is 0 Å². The maximum Gasteiger partial charge on any atom is 0.0858 e. The molecule has 0 fully saturated rings. The molecule has 0 atom stereocenters. The first kappa shape index (κ1) is 20.9. The van der Waals surface area contributed by atoms with Crippen LogP contribution in [-0.2, 0) is 11.3 Å². The van der Waals surface area contributed by atoms with E-state index in [0.29, 0.717) is 6.61 Å². The van der Waals surface area contributed by atoms with Crippen molar-refractivity contribution in [3.05, 3.63) is 56.8 Å². The maximum atomic E-state index is 5.87. The van der Waals surface area contributed by atoms with Crippen molar-refractivity contribution in [2.45, 2.75) is 45.5 Å². The predicted molar refractivity (Wildman–Crippen MR) is 114 cm³/mol. The van der Waals surface area contributed by atoms with Gasteiger partial charge in [0.1, 0.15) is 0 Å². The molecule has 0 heterocycles. The van der Waals surface area contributed by atoms with Crippen LogP contribution in [0, 0.1) is 0 Å². The molecule has 4 heteroatoms. The Morgan fingerprint density at radius 2 is 1.91 bits per heavy atom. The van der Waals surface area contributed by atoms with Crippen LogP contribution in [0.5, 0.6) is 0 Å². The van der Waals surface area contributed by atoms with Gasteiger partial charge in [0.2, 0.25) is 0 Å². The number of hydrogen-bond donors (Lipinski definition) is 0. The van der Waals surface area contributed by atoms with Crippen LogP contribution < -0.4 is 0 Å². The van der Waals surface area contributed by atoms with E-state index >= 15 is 0 Å². The van der Waals surface area contributed by atoms with Crippen LogP contribution in [-0.4, -0.2) is 20.6 Å². The number of allylic oxidation sites excluding steroid dienone is 2. The van der Waals surface area contributed by atoms with Crippen molar-refractivity contribution in [3.8, 4) is 0 Å². The van der Waals surface area contributed by atoms with Crippen molar-refractivity contribution in [2.75, 3.05) is 12.5 Å². The Kier molecular flexibility index (Phi) is 10.4. The van der Waals surface area contributed by atoms with Crippen molar-refractivity contribution in [1.29, 1.82) is 0 Å². The smallest absolute Gasteiger partial charge is 0.0858 e. The minimum absolute atomic E-state index is 0.691. The largest absolute Gasteiger partial charge is 0.376 e. The molecular formula is C19H28ClIOSi. The van der Waals surface area contributed by atoms with E-state index in [1.807, 2.05) is 18.2 Å². The molecule has 0 saturated heterocycles. The summed E-state index contributed by atoms with van der Waals surface area (Å²) in [5, 5.41) is 0.